The van der Waals surface area contributed by atoms with Crippen molar-refractivity contribution in [2.45, 2.75) is 38.3 Å². The summed E-state index contributed by atoms with van der Waals surface area (Å²) in [6.07, 6.45) is 3.20. The first-order valence-corrected chi connectivity index (χ1v) is 7.98. The van der Waals surface area contributed by atoms with Crippen LogP contribution in [0, 0.1) is 3.57 Å². The molecule has 1 aliphatic heterocycles. The largest absolute Gasteiger partial charge is 0.334 e. The lowest BCUT2D eigenvalue weighted by Crippen LogP contribution is -2.51. The van der Waals surface area contributed by atoms with Crippen molar-refractivity contribution in [2.24, 2.45) is 5.73 Å². The molecule has 2 atom stereocenters. The smallest absolute Gasteiger partial charge is 0.254 e. The van der Waals surface area contributed by atoms with Crippen LogP contribution >= 0.6 is 46.6 Å². The number of benzene rings is 1. The normalized spacial score (nSPS) is 20.2. The molecule has 0 radical (unpaired) electrons. The molecule has 1 aliphatic rings. The van der Waals surface area contributed by atoms with Gasteiger partial charge in [-0.15, -0.1) is 12.4 Å². The molecule has 0 aliphatic carbocycles. The number of hydrogen-bond donors (Lipinski definition) is 1. The molecule has 0 saturated carbocycles. The van der Waals surface area contributed by atoms with E-state index in [0.717, 1.165) is 29.4 Å². The fourth-order valence-electron chi connectivity index (χ4n) is 2.55. The van der Waals surface area contributed by atoms with Crippen LogP contribution in [0.4, 0.5) is 0 Å². The summed E-state index contributed by atoms with van der Waals surface area (Å²) in [5.41, 5.74) is 6.71. The van der Waals surface area contributed by atoms with Gasteiger partial charge in [-0.3, -0.25) is 4.79 Å². The van der Waals surface area contributed by atoms with E-state index in [0.29, 0.717) is 10.6 Å². The van der Waals surface area contributed by atoms with E-state index >= 15 is 0 Å². The van der Waals surface area contributed by atoms with E-state index in [1.54, 1.807) is 12.1 Å². The molecule has 0 bridgehead atoms. The van der Waals surface area contributed by atoms with Gasteiger partial charge in [0.15, 0.2) is 0 Å². The van der Waals surface area contributed by atoms with Crippen molar-refractivity contribution in [1.29, 1.82) is 0 Å². The second-order valence-corrected chi connectivity index (χ2v) is 6.62. The highest BCUT2D eigenvalue weighted by Gasteiger charge is 2.29. The van der Waals surface area contributed by atoms with Crippen molar-refractivity contribution >= 4 is 52.5 Å². The van der Waals surface area contributed by atoms with Gasteiger partial charge in [0.1, 0.15) is 0 Å². The molecular formula is C14H19Cl2IN2O. The zero-order valence-electron chi connectivity index (χ0n) is 11.3. The molecule has 0 aromatic heterocycles. The van der Waals surface area contributed by atoms with Gasteiger partial charge in [0.2, 0.25) is 0 Å². The molecule has 6 heteroatoms. The highest BCUT2D eigenvalue weighted by molar-refractivity contribution is 14.1. The minimum absolute atomic E-state index is 0. The summed E-state index contributed by atoms with van der Waals surface area (Å²) >= 11 is 8.14. The summed E-state index contributed by atoms with van der Waals surface area (Å²) in [4.78, 5) is 14.5. The van der Waals surface area contributed by atoms with Gasteiger partial charge in [-0.2, -0.15) is 0 Å². The Bertz CT molecular complexity index is 482. The molecular weight excluding hydrogens is 410 g/mol. The number of nitrogens with zero attached hydrogens (tertiary/aromatic N) is 1. The number of hydrogen-bond acceptors (Lipinski definition) is 2. The second-order valence-electron chi connectivity index (χ2n) is 5.05. The summed E-state index contributed by atoms with van der Waals surface area (Å²) in [5, 5.41) is 0.680. The Kier molecular flexibility index (Phi) is 7.04. The van der Waals surface area contributed by atoms with E-state index in [2.05, 4.69) is 22.6 Å². The highest BCUT2D eigenvalue weighted by Crippen LogP contribution is 2.24. The van der Waals surface area contributed by atoms with Gasteiger partial charge in [-0.25, -0.2) is 0 Å². The minimum atomic E-state index is 0. The van der Waals surface area contributed by atoms with E-state index in [9.17, 15) is 4.79 Å². The van der Waals surface area contributed by atoms with Crippen molar-refractivity contribution in [1.82, 2.24) is 4.90 Å². The zero-order valence-corrected chi connectivity index (χ0v) is 15.0. The van der Waals surface area contributed by atoms with Gasteiger partial charge < -0.3 is 10.6 Å². The molecule has 2 rings (SSSR count). The highest BCUT2D eigenvalue weighted by atomic mass is 127. The Morgan fingerprint density at radius 3 is 2.80 bits per heavy atom. The van der Waals surface area contributed by atoms with Crippen LogP contribution < -0.4 is 5.73 Å². The Hall–Kier alpha value is -0.0400. The molecule has 2 N–H and O–H groups in total. The van der Waals surface area contributed by atoms with Crippen molar-refractivity contribution in [3.63, 3.8) is 0 Å². The van der Waals surface area contributed by atoms with Crippen molar-refractivity contribution in [3.05, 3.63) is 32.4 Å². The number of halogens is 3. The molecule has 3 nitrogen and oxygen atoms in total. The predicted molar refractivity (Wildman–Crippen MR) is 93.7 cm³/mol. The number of rotatable bonds is 2. The van der Waals surface area contributed by atoms with E-state index in [-0.39, 0.29) is 30.4 Å². The number of likely N-dealkylation sites (tertiary alicyclic amines) is 1. The molecule has 1 amide bonds. The second kappa shape index (κ2) is 7.82. The summed E-state index contributed by atoms with van der Waals surface area (Å²) in [6.45, 7) is 2.77. The van der Waals surface area contributed by atoms with Crippen LogP contribution in [0.25, 0.3) is 0 Å². The number of piperidine rings is 1. The Labute approximate surface area is 144 Å². The molecule has 1 aromatic carbocycles. The molecule has 1 saturated heterocycles. The average Bonchev–Trinajstić information content (AvgIpc) is 2.41. The molecule has 0 spiro atoms. The summed E-state index contributed by atoms with van der Waals surface area (Å²) < 4.78 is 0.902. The quantitative estimate of drug-likeness (QED) is 0.730. The van der Waals surface area contributed by atoms with Gasteiger partial charge >= 0.3 is 0 Å². The standard InChI is InChI=1S/C14H18ClIN2O.ClH/c1-9(17)13-4-2-3-7-18(13)14(19)10-5-6-11(15)12(16)8-10;/h5-6,8-9,13H,2-4,7,17H2,1H3;1H. The van der Waals surface area contributed by atoms with Crippen molar-refractivity contribution < 1.29 is 4.79 Å². The minimum Gasteiger partial charge on any atom is -0.334 e. The maximum absolute atomic E-state index is 12.6. The van der Waals surface area contributed by atoms with Crippen LogP contribution in [0.2, 0.25) is 5.02 Å². The SMILES string of the molecule is CC(N)C1CCCCN1C(=O)c1ccc(Cl)c(I)c1.Cl. The number of amides is 1. The first-order chi connectivity index (χ1) is 9.00. The summed E-state index contributed by atoms with van der Waals surface area (Å²) in [7, 11) is 0. The van der Waals surface area contributed by atoms with Gasteiger partial charge in [0, 0.05) is 27.8 Å². The van der Waals surface area contributed by atoms with E-state index in [1.165, 1.54) is 0 Å². The fraction of sp³-hybridized carbons (Fsp3) is 0.500. The van der Waals surface area contributed by atoms with Crippen LogP contribution in [0.3, 0.4) is 0 Å². The Balaban J connectivity index is 0.00000200. The molecule has 1 aromatic rings. The lowest BCUT2D eigenvalue weighted by Gasteiger charge is -2.38. The molecule has 2 unspecified atom stereocenters. The predicted octanol–water partition coefficient (Wildman–Crippen LogP) is 3.71. The lowest BCUT2D eigenvalue weighted by molar-refractivity contribution is 0.0584. The summed E-state index contributed by atoms with van der Waals surface area (Å²) in [6, 6.07) is 5.57. The monoisotopic (exact) mass is 428 g/mol. The van der Waals surface area contributed by atoms with Gasteiger partial charge in [-0.1, -0.05) is 11.6 Å². The maximum atomic E-state index is 12.6. The Morgan fingerprint density at radius 1 is 1.50 bits per heavy atom. The maximum Gasteiger partial charge on any atom is 0.254 e. The number of nitrogens with two attached hydrogens (primary N) is 1. The molecule has 20 heavy (non-hydrogen) atoms. The van der Waals surface area contributed by atoms with Gasteiger partial charge in [-0.05, 0) is 67.0 Å². The van der Waals surface area contributed by atoms with Gasteiger partial charge in [0.25, 0.3) is 5.91 Å². The van der Waals surface area contributed by atoms with Crippen molar-refractivity contribution in [3.8, 4) is 0 Å². The van der Waals surface area contributed by atoms with E-state index in [4.69, 9.17) is 17.3 Å². The van der Waals surface area contributed by atoms with Gasteiger partial charge in [0.05, 0.1) is 5.02 Å². The first-order valence-electron chi connectivity index (χ1n) is 6.52. The topological polar surface area (TPSA) is 46.3 Å². The number of carbonyl (C=O) groups excluding carboxylic acids is 1. The van der Waals surface area contributed by atoms with Crippen molar-refractivity contribution in [2.75, 3.05) is 6.54 Å². The first kappa shape index (κ1) is 18.0. The zero-order chi connectivity index (χ0) is 14.0. The molecule has 112 valence electrons. The lowest BCUT2D eigenvalue weighted by atomic mass is 9.96. The average molecular weight is 429 g/mol. The molecule has 1 heterocycles. The Morgan fingerprint density at radius 2 is 2.20 bits per heavy atom. The third kappa shape index (κ3) is 4.00. The third-order valence-electron chi connectivity index (χ3n) is 3.58. The fourth-order valence-corrected chi connectivity index (χ4v) is 3.18. The third-order valence-corrected chi connectivity index (χ3v) is 5.12. The summed E-state index contributed by atoms with van der Waals surface area (Å²) in [5.74, 6) is 0.0663. The van der Waals surface area contributed by atoms with Crippen LogP contribution in [-0.2, 0) is 0 Å². The van der Waals surface area contributed by atoms with Crippen LogP contribution in [0.1, 0.15) is 36.5 Å². The van der Waals surface area contributed by atoms with Crippen LogP contribution in [0.5, 0.6) is 0 Å². The van der Waals surface area contributed by atoms with Crippen LogP contribution in [-0.4, -0.2) is 29.4 Å². The van der Waals surface area contributed by atoms with E-state index < -0.39 is 0 Å². The van der Waals surface area contributed by atoms with Crippen LogP contribution in [0.15, 0.2) is 18.2 Å². The van der Waals surface area contributed by atoms with E-state index in [1.807, 2.05) is 17.9 Å². The number of carbonyl (C=O) groups is 1. The molecule has 1 fully saturated rings.